The molecule has 0 saturated heterocycles. The molecule has 0 N–H and O–H groups in total. The van der Waals surface area contributed by atoms with Crippen LogP contribution >= 0.6 is 0 Å². The van der Waals surface area contributed by atoms with E-state index in [-0.39, 0.29) is 0 Å². The van der Waals surface area contributed by atoms with Gasteiger partial charge in [0.15, 0.2) is 6.21 Å². The van der Waals surface area contributed by atoms with E-state index in [1.807, 2.05) is 44.2 Å². The second-order valence-corrected chi connectivity index (χ2v) is 4.15. The third-order valence-electron chi connectivity index (χ3n) is 2.69. The van der Waals surface area contributed by atoms with Gasteiger partial charge in [-0.3, -0.25) is 0 Å². The molecule has 0 aliphatic heterocycles. The highest BCUT2D eigenvalue weighted by Crippen LogP contribution is 2.12. The minimum atomic E-state index is 0.646. The van der Waals surface area contributed by atoms with Gasteiger partial charge in [0.25, 0.3) is 0 Å². The SMILES string of the molecule is Cc1ccc(C=[N+]([O-])c2ccccc2)c(C)c1. The maximum absolute atomic E-state index is 11.9. The molecular weight excluding hydrogens is 210 g/mol. The Hall–Kier alpha value is -2.09. The standard InChI is InChI=1S/C15H15NO/c1-12-8-9-14(13(2)10-12)11-16(17)15-6-4-3-5-7-15/h3-11H,1-2H3. The van der Waals surface area contributed by atoms with Gasteiger partial charge in [0.2, 0.25) is 5.69 Å². The van der Waals surface area contributed by atoms with Crippen molar-refractivity contribution >= 4 is 11.9 Å². The van der Waals surface area contributed by atoms with Crippen molar-refractivity contribution in [2.75, 3.05) is 0 Å². The predicted molar refractivity (Wildman–Crippen MR) is 70.8 cm³/mol. The smallest absolute Gasteiger partial charge is 0.216 e. The van der Waals surface area contributed by atoms with Crippen molar-refractivity contribution in [3.8, 4) is 0 Å². The van der Waals surface area contributed by atoms with Crippen LogP contribution in [0.15, 0.2) is 48.5 Å². The summed E-state index contributed by atoms with van der Waals surface area (Å²) in [6.45, 7) is 4.06. The number of hydrogen-bond donors (Lipinski definition) is 0. The number of hydrogen-bond acceptors (Lipinski definition) is 1. The van der Waals surface area contributed by atoms with Crippen LogP contribution in [0, 0.1) is 19.1 Å². The van der Waals surface area contributed by atoms with Gasteiger partial charge in [-0.15, -0.1) is 0 Å². The van der Waals surface area contributed by atoms with Gasteiger partial charge in [0.05, 0.1) is 0 Å². The quantitative estimate of drug-likeness (QED) is 0.332. The molecule has 0 spiro atoms. The zero-order chi connectivity index (χ0) is 12.3. The number of nitrogens with zero attached hydrogens (tertiary/aromatic N) is 1. The van der Waals surface area contributed by atoms with Crippen LogP contribution in [0.4, 0.5) is 5.69 Å². The van der Waals surface area contributed by atoms with Crippen molar-refractivity contribution in [3.05, 3.63) is 70.4 Å². The van der Waals surface area contributed by atoms with Gasteiger partial charge in [0, 0.05) is 17.7 Å². The molecule has 2 aromatic rings. The molecule has 0 amide bonds. The van der Waals surface area contributed by atoms with Crippen LogP contribution in [0.2, 0.25) is 0 Å². The molecule has 0 unspecified atom stereocenters. The zero-order valence-electron chi connectivity index (χ0n) is 10.1. The van der Waals surface area contributed by atoms with Gasteiger partial charge in [-0.2, -0.15) is 4.74 Å². The second kappa shape index (κ2) is 4.83. The first kappa shape index (κ1) is 11.4. The van der Waals surface area contributed by atoms with Crippen LogP contribution < -0.4 is 0 Å². The number of para-hydroxylation sites is 1. The molecule has 2 aromatic carbocycles. The van der Waals surface area contributed by atoms with Crippen LogP contribution in [0.25, 0.3) is 0 Å². The van der Waals surface area contributed by atoms with E-state index < -0.39 is 0 Å². The van der Waals surface area contributed by atoms with Gasteiger partial charge >= 0.3 is 0 Å². The summed E-state index contributed by atoms with van der Waals surface area (Å²) < 4.78 is 0.900. The first-order valence-electron chi connectivity index (χ1n) is 5.60. The van der Waals surface area contributed by atoms with Gasteiger partial charge < -0.3 is 5.21 Å². The lowest BCUT2D eigenvalue weighted by molar-refractivity contribution is -0.354. The number of benzene rings is 2. The lowest BCUT2D eigenvalue weighted by atomic mass is 10.1. The van der Waals surface area contributed by atoms with Crippen molar-refractivity contribution in [1.82, 2.24) is 0 Å². The Balaban J connectivity index is 2.36. The van der Waals surface area contributed by atoms with E-state index in [2.05, 4.69) is 6.07 Å². The largest absolute Gasteiger partial charge is 0.618 e. The first-order valence-corrected chi connectivity index (χ1v) is 5.60. The van der Waals surface area contributed by atoms with E-state index >= 15 is 0 Å². The van der Waals surface area contributed by atoms with Crippen LogP contribution in [0.1, 0.15) is 16.7 Å². The number of rotatable bonds is 2. The fourth-order valence-electron chi connectivity index (χ4n) is 1.75. The van der Waals surface area contributed by atoms with Crippen molar-refractivity contribution in [2.45, 2.75) is 13.8 Å². The number of aryl methyl sites for hydroxylation is 2. The van der Waals surface area contributed by atoms with E-state index in [0.717, 1.165) is 15.9 Å². The third-order valence-corrected chi connectivity index (χ3v) is 2.69. The van der Waals surface area contributed by atoms with Gasteiger partial charge in [0.1, 0.15) is 0 Å². The molecular formula is C15H15NO. The molecule has 0 atom stereocenters. The normalized spacial score (nSPS) is 11.5. The molecule has 0 aliphatic rings. The van der Waals surface area contributed by atoms with E-state index in [9.17, 15) is 5.21 Å². The summed E-state index contributed by atoms with van der Waals surface area (Å²) in [5, 5.41) is 11.9. The molecule has 0 saturated carbocycles. The summed E-state index contributed by atoms with van der Waals surface area (Å²) in [4.78, 5) is 0. The minimum Gasteiger partial charge on any atom is -0.618 e. The first-order chi connectivity index (χ1) is 8.16. The van der Waals surface area contributed by atoms with Crippen molar-refractivity contribution < 1.29 is 4.74 Å². The predicted octanol–water partition coefficient (Wildman–Crippen LogP) is 3.56. The van der Waals surface area contributed by atoms with E-state index in [1.54, 1.807) is 18.3 Å². The van der Waals surface area contributed by atoms with Crippen molar-refractivity contribution in [1.29, 1.82) is 0 Å². The molecule has 0 heterocycles. The van der Waals surface area contributed by atoms with Crippen molar-refractivity contribution in [3.63, 3.8) is 0 Å². The second-order valence-electron chi connectivity index (χ2n) is 4.15. The van der Waals surface area contributed by atoms with Gasteiger partial charge in [-0.05, 0) is 25.5 Å². The summed E-state index contributed by atoms with van der Waals surface area (Å²) in [6, 6.07) is 15.3. The highest BCUT2D eigenvalue weighted by atomic mass is 16.5. The lowest BCUT2D eigenvalue weighted by Crippen LogP contribution is -2.00. The zero-order valence-corrected chi connectivity index (χ0v) is 10.1. The molecule has 2 nitrogen and oxygen atoms in total. The fraction of sp³-hybridized carbons (Fsp3) is 0.133. The topological polar surface area (TPSA) is 26.1 Å². The van der Waals surface area contributed by atoms with E-state index in [1.165, 1.54) is 5.56 Å². The molecule has 0 aromatic heterocycles. The summed E-state index contributed by atoms with van der Waals surface area (Å²) in [5.74, 6) is 0. The molecule has 2 heteroatoms. The van der Waals surface area contributed by atoms with Crippen LogP contribution in [-0.2, 0) is 0 Å². The van der Waals surface area contributed by atoms with Gasteiger partial charge in [-0.25, -0.2) is 0 Å². The summed E-state index contributed by atoms with van der Waals surface area (Å²) in [5.41, 5.74) is 3.92. The highest BCUT2D eigenvalue weighted by Gasteiger charge is 2.02. The average molecular weight is 225 g/mol. The molecule has 2 rings (SSSR count). The Kier molecular flexibility index (Phi) is 3.24. The van der Waals surface area contributed by atoms with E-state index in [0.29, 0.717) is 5.69 Å². The lowest BCUT2D eigenvalue weighted by Gasteiger charge is -2.04. The molecule has 17 heavy (non-hydrogen) atoms. The van der Waals surface area contributed by atoms with Gasteiger partial charge in [-0.1, -0.05) is 35.9 Å². The van der Waals surface area contributed by atoms with Crippen LogP contribution in [0.3, 0.4) is 0 Å². The van der Waals surface area contributed by atoms with E-state index in [4.69, 9.17) is 0 Å². The maximum Gasteiger partial charge on any atom is 0.216 e. The molecule has 0 radical (unpaired) electrons. The van der Waals surface area contributed by atoms with Crippen LogP contribution in [-0.4, -0.2) is 11.0 Å². The van der Waals surface area contributed by atoms with Crippen molar-refractivity contribution in [2.24, 2.45) is 0 Å². The molecule has 0 fully saturated rings. The summed E-state index contributed by atoms with van der Waals surface area (Å²) >= 11 is 0. The Bertz CT molecular complexity index is 544. The summed E-state index contributed by atoms with van der Waals surface area (Å²) in [7, 11) is 0. The molecule has 86 valence electrons. The third kappa shape index (κ3) is 2.72. The highest BCUT2D eigenvalue weighted by molar-refractivity contribution is 5.79. The maximum atomic E-state index is 11.9. The molecule has 0 bridgehead atoms. The monoisotopic (exact) mass is 225 g/mol. The minimum absolute atomic E-state index is 0.646. The Morgan fingerprint density at radius 3 is 2.35 bits per heavy atom. The average Bonchev–Trinajstić information content (AvgIpc) is 2.34. The summed E-state index contributed by atoms with van der Waals surface area (Å²) in [6.07, 6.45) is 1.62. The Morgan fingerprint density at radius 2 is 1.71 bits per heavy atom. The fourth-order valence-corrected chi connectivity index (χ4v) is 1.75. The molecule has 0 aliphatic carbocycles. The van der Waals surface area contributed by atoms with Crippen LogP contribution in [0.5, 0.6) is 0 Å². The Morgan fingerprint density at radius 1 is 1.00 bits per heavy atom. The Labute approximate surface area is 101 Å².